The van der Waals surface area contributed by atoms with Crippen molar-refractivity contribution in [1.29, 1.82) is 0 Å². The van der Waals surface area contributed by atoms with E-state index in [1.54, 1.807) is 36.4 Å². The van der Waals surface area contributed by atoms with Crippen LogP contribution in [0.4, 0.5) is 5.69 Å². The second-order valence-electron chi connectivity index (χ2n) is 10.5. The third kappa shape index (κ3) is 3.94. The van der Waals surface area contributed by atoms with E-state index in [1.165, 1.54) is 12.0 Å². The molecule has 0 bridgehead atoms. The van der Waals surface area contributed by atoms with Crippen LogP contribution in [0.5, 0.6) is 11.5 Å². The lowest BCUT2D eigenvalue weighted by Gasteiger charge is -2.50. The lowest BCUT2D eigenvalue weighted by molar-refractivity contribution is -0.138. The Hall–Kier alpha value is -1.67. The molecule has 3 fully saturated rings. The molecule has 0 aromatic heterocycles. The fourth-order valence-corrected chi connectivity index (χ4v) is 9.20. The SMILES string of the molecule is COc1cc([C@H]2C3=CC[C@@H]4C(=O)N(c5ccc(Br)cc5)C(=O)[C@@H]4[C@@H]3C[C@@]3(Cl)C(=O)N(CBr)C(=O)[C@@]23Cl)cc(I)c1O. The highest BCUT2D eigenvalue weighted by molar-refractivity contribution is 14.1. The van der Waals surface area contributed by atoms with E-state index in [0.717, 1.165) is 9.37 Å². The first kappa shape index (κ1) is 29.4. The highest BCUT2D eigenvalue weighted by Crippen LogP contribution is 2.66. The Bertz CT molecular complexity index is 1570. The minimum atomic E-state index is -1.93. The number of carbonyl (C=O) groups excluding carboxylic acids is 4. The molecule has 1 saturated carbocycles. The van der Waals surface area contributed by atoms with Gasteiger partial charge >= 0.3 is 0 Å². The number of phenolic OH excluding ortho intramolecular Hbond substituents is 1. The number of likely N-dealkylation sites (tertiary alicyclic amines) is 1. The number of amides is 4. The van der Waals surface area contributed by atoms with Crippen LogP contribution in [-0.4, -0.2) is 55.9 Å². The molecule has 13 heteroatoms. The molecule has 0 unspecified atom stereocenters. The van der Waals surface area contributed by atoms with Crippen LogP contribution in [0.2, 0.25) is 0 Å². The van der Waals surface area contributed by atoms with E-state index in [9.17, 15) is 24.3 Å². The van der Waals surface area contributed by atoms with Gasteiger partial charge in [-0.3, -0.25) is 29.0 Å². The molecule has 41 heavy (non-hydrogen) atoms. The van der Waals surface area contributed by atoms with Crippen LogP contribution in [0.25, 0.3) is 0 Å². The Labute approximate surface area is 275 Å². The van der Waals surface area contributed by atoms with E-state index >= 15 is 0 Å². The standard InChI is InChI=1S/C28H21Br2Cl2IN2O6/c1-41-19-9-12(8-18(33)22(19)36)21-15-6-7-16-20(24(38)35(23(16)37)14-4-2-13(30)3-5-14)17(15)10-27(31)25(39)34(11-29)26(40)28(21,27)32/h2-6,8-9,16-17,20-21,36H,7,10-11H2,1H3/t16-,17+,20-,21-,27+,28-/m0/s1. The van der Waals surface area contributed by atoms with E-state index in [4.69, 9.17) is 27.9 Å². The lowest BCUT2D eigenvalue weighted by Crippen LogP contribution is -2.60. The monoisotopic (exact) mass is 836 g/mol. The number of alkyl halides is 3. The van der Waals surface area contributed by atoms with Crippen LogP contribution in [0.1, 0.15) is 24.3 Å². The number of ether oxygens (including phenoxy) is 1. The molecular formula is C28H21Br2Cl2IN2O6. The Morgan fingerprint density at radius 2 is 1.76 bits per heavy atom. The number of hydrogen-bond donors (Lipinski definition) is 1. The van der Waals surface area contributed by atoms with Crippen LogP contribution in [-0.2, 0) is 19.2 Å². The summed E-state index contributed by atoms with van der Waals surface area (Å²) < 4.78 is 6.64. The molecule has 214 valence electrons. The minimum Gasteiger partial charge on any atom is -0.504 e. The third-order valence-electron chi connectivity index (χ3n) is 8.70. The first-order valence-electron chi connectivity index (χ1n) is 12.6. The number of halogens is 5. The predicted octanol–water partition coefficient (Wildman–Crippen LogP) is 5.68. The molecule has 2 aromatic rings. The smallest absolute Gasteiger partial charge is 0.254 e. The number of anilines is 1. The number of hydrogen-bond acceptors (Lipinski definition) is 6. The van der Waals surface area contributed by atoms with Crippen molar-refractivity contribution < 1.29 is 29.0 Å². The molecule has 2 aliphatic carbocycles. The Morgan fingerprint density at radius 1 is 1.07 bits per heavy atom. The number of rotatable bonds is 4. The number of methoxy groups -OCH3 is 1. The van der Waals surface area contributed by atoms with Crippen molar-refractivity contribution in [1.82, 2.24) is 4.90 Å². The first-order chi connectivity index (χ1) is 19.4. The predicted molar refractivity (Wildman–Crippen MR) is 167 cm³/mol. The molecule has 2 aromatic carbocycles. The van der Waals surface area contributed by atoms with Gasteiger partial charge in [-0.25, -0.2) is 0 Å². The largest absolute Gasteiger partial charge is 0.504 e. The van der Waals surface area contributed by atoms with Gasteiger partial charge in [0.2, 0.25) is 11.8 Å². The second kappa shape index (κ2) is 10.2. The Kier molecular flexibility index (Phi) is 7.32. The van der Waals surface area contributed by atoms with Crippen LogP contribution < -0.4 is 9.64 Å². The summed E-state index contributed by atoms with van der Waals surface area (Å²) in [6.45, 7) is 0. The number of phenols is 1. The van der Waals surface area contributed by atoms with E-state index in [2.05, 4.69) is 31.9 Å². The van der Waals surface area contributed by atoms with Gasteiger partial charge in [0.25, 0.3) is 11.8 Å². The summed E-state index contributed by atoms with van der Waals surface area (Å²) in [5.74, 6) is -5.00. The number of fused-ring (bicyclic) bond motifs is 4. The van der Waals surface area contributed by atoms with Crippen molar-refractivity contribution in [3.05, 3.63) is 61.7 Å². The summed E-state index contributed by atoms with van der Waals surface area (Å²) in [6.07, 6.45) is 2.02. The lowest BCUT2D eigenvalue weighted by atomic mass is 9.56. The highest BCUT2D eigenvalue weighted by Gasteiger charge is 2.76. The number of carbonyl (C=O) groups is 4. The summed E-state index contributed by atoms with van der Waals surface area (Å²) in [4.78, 5) is 53.7. The van der Waals surface area contributed by atoms with Gasteiger partial charge in [-0.15, -0.1) is 23.2 Å². The van der Waals surface area contributed by atoms with E-state index in [1.807, 2.05) is 28.7 Å². The molecule has 4 aliphatic rings. The number of nitrogens with zero attached hydrogens (tertiary/aromatic N) is 2. The van der Waals surface area contributed by atoms with Crippen molar-refractivity contribution in [2.24, 2.45) is 17.8 Å². The first-order valence-corrected chi connectivity index (χ1v) is 16.4. The van der Waals surface area contributed by atoms with Crippen molar-refractivity contribution in [2.75, 3.05) is 17.5 Å². The zero-order valence-corrected chi connectivity index (χ0v) is 28.1. The number of allylic oxidation sites excluding steroid dienone is 2. The molecule has 8 nitrogen and oxygen atoms in total. The van der Waals surface area contributed by atoms with E-state index < -0.39 is 45.2 Å². The van der Waals surface area contributed by atoms with Gasteiger partial charge in [0.15, 0.2) is 21.2 Å². The molecule has 4 amide bonds. The molecular weight excluding hydrogens is 818 g/mol. The summed E-state index contributed by atoms with van der Waals surface area (Å²) in [7, 11) is 1.40. The molecule has 0 radical (unpaired) electrons. The maximum atomic E-state index is 14.0. The maximum Gasteiger partial charge on any atom is 0.254 e. The molecule has 2 heterocycles. The Morgan fingerprint density at radius 3 is 2.39 bits per heavy atom. The molecule has 1 N–H and O–H groups in total. The average molecular weight is 839 g/mol. The maximum absolute atomic E-state index is 14.0. The fourth-order valence-electron chi connectivity index (χ4n) is 6.89. The van der Waals surface area contributed by atoms with Crippen LogP contribution in [0.15, 0.2) is 52.5 Å². The summed E-state index contributed by atoms with van der Waals surface area (Å²) in [5, 5.41) is 10.5. The summed E-state index contributed by atoms with van der Waals surface area (Å²) in [6, 6.07) is 10.1. The van der Waals surface area contributed by atoms with Gasteiger partial charge in [0.05, 0.1) is 33.7 Å². The van der Waals surface area contributed by atoms with Crippen molar-refractivity contribution >= 4 is 107 Å². The molecule has 6 rings (SSSR count). The Balaban J connectivity index is 1.54. The van der Waals surface area contributed by atoms with Crippen molar-refractivity contribution in [2.45, 2.75) is 28.5 Å². The quantitative estimate of drug-likeness (QED) is 0.140. The van der Waals surface area contributed by atoms with Gasteiger partial charge in [-0.1, -0.05) is 43.5 Å². The minimum absolute atomic E-state index is 0.0831. The summed E-state index contributed by atoms with van der Waals surface area (Å²) in [5.41, 5.74) is 1.51. The topological polar surface area (TPSA) is 104 Å². The molecule has 6 atom stereocenters. The number of imide groups is 2. The third-order valence-corrected chi connectivity index (χ3v) is 12.0. The van der Waals surface area contributed by atoms with Gasteiger partial charge in [0, 0.05) is 10.4 Å². The number of aromatic hydroxyl groups is 1. The van der Waals surface area contributed by atoms with Crippen molar-refractivity contribution in [3.63, 3.8) is 0 Å². The van der Waals surface area contributed by atoms with Gasteiger partial charge < -0.3 is 9.84 Å². The van der Waals surface area contributed by atoms with Crippen LogP contribution in [0, 0.1) is 21.3 Å². The van der Waals surface area contributed by atoms with Gasteiger partial charge in [-0.2, -0.15) is 0 Å². The normalized spacial score (nSPS) is 32.6. The molecule has 0 spiro atoms. The zero-order chi connectivity index (χ0) is 29.6. The zero-order valence-electron chi connectivity index (χ0n) is 21.2. The van der Waals surface area contributed by atoms with Crippen LogP contribution >= 0.6 is 77.7 Å². The number of benzene rings is 2. The fraction of sp³-hybridized carbons (Fsp3) is 0.357. The van der Waals surface area contributed by atoms with Crippen LogP contribution in [0.3, 0.4) is 0 Å². The van der Waals surface area contributed by atoms with Gasteiger partial charge in [0.1, 0.15) is 0 Å². The molecule has 2 aliphatic heterocycles. The van der Waals surface area contributed by atoms with E-state index in [0.29, 0.717) is 20.4 Å². The second-order valence-corrected chi connectivity index (χ2v) is 14.3. The highest BCUT2D eigenvalue weighted by atomic mass is 127. The van der Waals surface area contributed by atoms with Crippen molar-refractivity contribution in [3.8, 4) is 11.5 Å². The molecule has 2 saturated heterocycles. The van der Waals surface area contributed by atoms with Gasteiger partial charge in [-0.05, 0) is 83.3 Å². The average Bonchev–Trinajstić information content (AvgIpc) is 3.28. The summed E-state index contributed by atoms with van der Waals surface area (Å²) >= 11 is 23.1. The van der Waals surface area contributed by atoms with E-state index in [-0.39, 0.29) is 41.6 Å².